The molecule has 0 aliphatic heterocycles. The van der Waals surface area contributed by atoms with Crippen molar-refractivity contribution in [3.8, 4) is 0 Å². The minimum absolute atomic E-state index is 0. The first-order valence-corrected chi connectivity index (χ1v) is 1.97. The van der Waals surface area contributed by atoms with Gasteiger partial charge in [-0.1, -0.05) is 0 Å². The molecule has 0 unspecified atom stereocenters. The zero-order valence-electron chi connectivity index (χ0n) is 5.89. The summed E-state index contributed by atoms with van der Waals surface area (Å²) < 4.78 is 8.50. The SMILES string of the molecule is [CH]=C(OC)C(=O)OC.[I-].[Zn]. The fourth-order valence-corrected chi connectivity index (χ4v) is 0.184. The molecule has 0 saturated heterocycles. The molecule has 0 bridgehead atoms. The van der Waals surface area contributed by atoms with Crippen LogP contribution < -0.4 is 24.0 Å². The Balaban J connectivity index is -0.000000245. The standard InChI is InChI=1S/C5H7O3.HI.Zn/c1-4(7-2)5(6)8-3;;/h1H,2-3H3;1H;/p-1. The summed E-state index contributed by atoms with van der Waals surface area (Å²) in [5.41, 5.74) is 0. The van der Waals surface area contributed by atoms with Gasteiger partial charge in [0.05, 0.1) is 14.2 Å². The molecule has 0 aliphatic carbocycles. The smallest absolute Gasteiger partial charge is 0.373 e. The largest absolute Gasteiger partial charge is 1.00 e. The summed E-state index contributed by atoms with van der Waals surface area (Å²) in [6.45, 7) is 4.95. The van der Waals surface area contributed by atoms with Crippen LogP contribution >= 0.6 is 0 Å². The summed E-state index contributed by atoms with van der Waals surface area (Å²) in [7, 11) is 2.53. The molecule has 10 heavy (non-hydrogen) atoms. The van der Waals surface area contributed by atoms with Gasteiger partial charge in [-0.2, -0.15) is 0 Å². The van der Waals surface area contributed by atoms with Crippen molar-refractivity contribution in [2.24, 2.45) is 0 Å². The average molecular weight is 307 g/mol. The predicted molar refractivity (Wildman–Crippen MR) is 26.8 cm³/mol. The van der Waals surface area contributed by atoms with E-state index in [1.54, 1.807) is 0 Å². The number of carbonyl (C=O) groups excluding carboxylic acids is 1. The van der Waals surface area contributed by atoms with Crippen LogP contribution in [-0.4, -0.2) is 20.2 Å². The molecule has 0 rings (SSSR count). The minimum Gasteiger partial charge on any atom is -1.00 e. The van der Waals surface area contributed by atoms with Gasteiger partial charge in [0.25, 0.3) is 0 Å². The summed E-state index contributed by atoms with van der Waals surface area (Å²) in [5, 5.41) is 0. The zero-order valence-corrected chi connectivity index (χ0v) is 11.0. The second kappa shape index (κ2) is 9.36. The monoisotopic (exact) mass is 306 g/mol. The second-order valence-corrected chi connectivity index (χ2v) is 1.06. The van der Waals surface area contributed by atoms with Gasteiger partial charge in [-0.25, -0.2) is 4.79 Å². The van der Waals surface area contributed by atoms with E-state index in [2.05, 4.69) is 9.47 Å². The Kier molecular flexibility index (Phi) is 15.7. The molecule has 5 heteroatoms. The quantitative estimate of drug-likeness (QED) is 0.181. The van der Waals surface area contributed by atoms with Crippen molar-refractivity contribution in [1.82, 2.24) is 0 Å². The van der Waals surface area contributed by atoms with Crippen LogP contribution in [0.25, 0.3) is 0 Å². The summed E-state index contributed by atoms with van der Waals surface area (Å²) in [4.78, 5) is 10.2. The fraction of sp³-hybridized carbons (Fsp3) is 0.400. The first-order valence-electron chi connectivity index (χ1n) is 1.97. The maximum atomic E-state index is 10.2. The van der Waals surface area contributed by atoms with Crippen molar-refractivity contribution < 1.29 is 57.7 Å². The molecule has 0 fully saturated rings. The van der Waals surface area contributed by atoms with E-state index in [-0.39, 0.29) is 49.2 Å². The number of halogens is 1. The predicted octanol–water partition coefficient (Wildman–Crippen LogP) is -2.88. The van der Waals surface area contributed by atoms with Crippen LogP contribution in [0.2, 0.25) is 0 Å². The molecule has 0 atom stereocenters. The number of hydrogen-bond acceptors (Lipinski definition) is 3. The van der Waals surface area contributed by atoms with Crippen molar-refractivity contribution in [2.45, 2.75) is 0 Å². The molecular formula is C5H7IO3Zn-. The molecular weight excluding hydrogens is 300 g/mol. The molecule has 0 N–H and O–H groups in total. The Labute approximate surface area is 89.9 Å². The fourth-order valence-electron chi connectivity index (χ4n) is 0.184. The van der Waals surface area contributed by atoms with Gasteiger partial charge in [0.15, 0.2) is 0 Å². The molecule has 0 saturated carbocycles. The number of ether oxygens (including phenoxy) is 2. The van der Waals surface area contributed by atoms with E-state index in [0.29, 0.717) is 0 Å². The second-order valence-electron chi connectivity index (χ2n) is 1.06. The van der Waals surface area contributed by atoms with Gasteiger partial charge in [0, 0.05) is 19.5 Å². The molecule has 0 spiro atoms. The zero-order chi connectivity index (χ0) is 6.57. The number of rotatable bonds is 2. The van der Waals surface area contributed by atoms with Gasteiger partial charge in [-0.3, -0.25) is 0 Å². The Bertz CT molecular complexity index is 101. The molecule has 0 aromatic heterocycles. The summed E-state index contributed by atoms with van der Waals surface area (Å²) >= 11 is 0. The van der Waals surface area contributed by atoms with Crippen LogP contribution in [0.1, 0.15) is 0 Å². The van der Waals surface area contributed by atoms with Gasteiger partial charge in [-0.15, -0.1) is 0 Å². The Hall–Kier alpha value is 0.363. The Morgan fingerprint density at radius 2 is 1.70 bits per heavy atom. The molecule has 0 heterocycles. The number of hydrogen-bond donors (Lipinski definition) is 0. The number of carbonyl (C=O) groups is 1. The summed E-state index contributed by atoms with van der Waals surface area (Å²) in [5.74, 6) is -0.875. The van der Waals surface area contributed by atoms with Crippen molar-refractivity contribution in [3.63, 3.8) is 0 Å². The Morgan fingerprint density at radius 1 is 1.30 bits per heavy atom. The molecule has 3 nitrogen and oxygen atoms in total. The molecule has 0 aromatic carbocycles. The maximum Gasteiger partial charge on any atom is 0.373 e. The third-order valence-corrected chi connectivity index (χ3v) is 0.606. The first kappa shape index (κ1) is 16.8. The Morgan fingerprint density at radius 3 is 1.80 bits per heavy atom. The van der Waals surface area contributed by atoms with Crippen LogP contribution in [0.5, 0.6) is 0 Å². The van der Waals surface area contributed by atoms with E-state index in [0.717, 1.165) is 0 Å². The number of methoxy groups -OCH3 is 2. The molecule has 55 valence electrons. The van der Waals surface area contributed by atoms with Gasteiger partial charge >= 0.3 is 5.97 Å². The van der Waals surface area contributed by atoms with Gasteiger partial charge in [-0.05, 0) is 6.58 Å². The van der Waals surface area contributed by atoms with Gasteiger partial charge in [0.1, 0.15) is 0 Å². The number of esters is 1. The summed E-state index contributed by atoms with van der Waals surface area (Å²) in [6, 6.07) is 0. The maximum absolute atomic E-state index is 10.2. The third kappa shape index (κ3) is 6.48. The van der Waals surface area contributed by atoms with Crippen molar-refractivity contribution in [1.29, 1.82) is 0 Å². The van der Waals surface area contributed by atoms with Crippen LogP contribution in [0.3, 0.4) is 0 Å². The van der Waals surface area contributed by atoms with Crippen molar-refractivity contribution in [2.75, 3.05) is 14.2 Å². The van der Waals surface area contributed by atoms with E-state index >= 15 is 0 Å². The van der Waals surface area contributed by atoms with E-state index in [1.807, 2.05) is 0 Å². The van der Waals surface area contributed by atoms with E-state index < -0.39 is 5.97 Å². The molecule has 0 aromatic rings. The van der Waals surface area contributed by atoms with E-state index in [9.17, 15) is 4.79 Å². The van der Waals surface area contributed by atoms with Crippen LogP contribution in [0.15, 0.2) is 5.76 Å². The molecule has 0 aliphatic rings. The van der Waals surface area contributed by atoms with E-state index in [4.69, 9.17) is 6.58 Å². The molecule has 1 radical (unpaired) electrons. The van der Waals surface area contributed by atoms with E-state index in [1.165, 1.54) is 14.2 Å². The summed E-state index contributed by atoms with van der Waals surface area (Å²) in [6.07, 6.45) is 0. The van der Waals surface area contributed by atoms with Crippen molar-refractivity contribution >= 4 is 5.97 Å². The van der Waals surface area contributed by atoms with Gasteiger partial charge in [0.2, 0.25) is 5.76 Å². The third-order valence-electron chi connectivity index (χ3n) is 0.606. The van der Waals surface area contributed by atoms with Crippen LogP contribution in [-0.2, 0) is 33.7 Å². The van der Waals surface area contributed by atoms with Crippen molar-refractivity contribution in [3.05, 3.63) is 12.3 Å². The van der Waals surface area contributed by atoms with Gasteiger partial charge < -0.3 is 33.5 Å². The topological polar surface area (TPSA) is 35.5 Å². The minimum atomic E-state index is -0.646. The van der Waals surface area contributed by atoms with Crippen LogP contribution in [0.4, 0.5) is 0 Å². The first-order chi connectivity index (χ1) is 3.72. The average Bonchev–Trinajstić information content (AvgIpc) is 1.84. The molecule has 0 amide bonds. The van der Waals surface area contributed by atoms with Crippen LogP contribution in [0, 0.1) is 6.58 Å². The normalized spacial score (nSPS) is 6.20.